The van der Waals surface area contributed by atoms with Crippen LogP contribution >= 0.6 is 0 Å². The summed E-state index contributed by atoms with van der Waals surface area (Å²) in [5.74, 6) is -0.777. The van der Waals surface area contributed by atoms with E-state index in [-0.39, 0.29) is 11.4 Å². The Morgan fingerprint density at radius 3 is 2.23 bits per heavy atom. The Morgan fingerprint density at radius 2 is 1.65 bits per heavy atom. The summed E-state index contributed by atoms with van der Waals surface area (Å²) in [4.78, 5) is 15.7. The predicted octanol–water partition coefficient (Wildman–Crippen LogP) is 4.57. The third kappa shape index (κ3) is 3.59. The largest absolute Gasteiger partial charge is 0.398 e. The van der Waals surface area contributed by atoms with Crippen molar-refractivity contribution in [3.05, 3.63) is 77.6 Å². The fraction of sp³-hybridized carbons (Fsp3) is 0.167. The van der Waals surface area contributed by atoms with Crippen LogP contribution in [-0.4, -0.2) is 24.2 Å². The van der Waals surface area contributed by atoms with Gasteiger partial charge in [-0.05, 0) is 74.5 Å². The number of halogens is 1. The van der Waals surface area contributed by atoms with Crippen molar-refractivity contribution in [2.24, 2.45) is 5.73 Å². The highest BCUT2D eigenvalue weighted by molar-refractivity contribution is 5.96. The molecule has 0 fully saturated rings. The van der Waals surface area contributed by atoms with Crippen molar-refractivity contribution in [3.8, 4) is 0 Å². The predicted molar refractivity (Wildman–Crippen MR) is 123 cm³/mol. The smallest absolute Gasteiger partial charge is 0.248 e. The highest BCUT2D eigenvalue weighted by atomic mass is 19.1. The zero-order valence-electron chi connectivity index (χ0n) is 17.4. The van der Waals surface area contributed by atoms with Gasteiger partial charge in [-0.2, -0.15) is 0 Å². The van der Waals surface area contributed by atoms with Crippen LogP contribution in [0.5, 0.6) is 0 Å². The fourth-order valence-corrected chi connectivity index (χ4v) is 4.11. The third-order valence-electron chi connectivity index (χ3n) is 5.57. The lowest BCUT2D eigenvalue weighted by Gasteiger charge is -2.50. The minimum atomic E-state index is -0.478. The first-order valence-electron chi connectivity index (χ1n) is 9.88. The van der Waals surface area contributed by atoms with E-state index in [2.05, 4.69) is 23.6 Å². The maximum absolute atomic E-state index is 13.6. The standard InChI is InChI=1S/C24H24FN5O/c1-24(2)14-29(18-7-3-15(4-8-18)23(28)31)21-12-20(27)16(13-26)11-22(21)30(24)19-9-5-17(25)6-10-19/h3-13,26H,14,27H2,1-2H3,(H2,28,31). The average molecular weight is 417 g/mol. The second-order valence-corrected chi connectivity index (χ2v) is 8.24. The number of hydrogen-bond acceptors (Lipinski definition) is 5. The fourth-order valence-electron chi connectivity index (χ4n) is 4.11. The number of fused-ring (bicyclic) bond motifs is 1. The van der Waals surface area contributed by atoms with Crippen molar-refractivity contribution >= 4 is 40.6 Å². The highest BCUT2D eigenvalue weighted by Gasteiger charge is 2.38. The van der Waals surface area contributed by atoms with E-state index < -0.39 is 5.91 Å². The Kier molecular flexibility index (Phi) is 4.89. The van der Waals surface area contributed by atoms with E-state index in [1.807, 2.05) is 24.3 Å². The molecular weight excluding hydrogens is 393 g/mol. The monoisotopic (exact) mass is 417 g/mol. The van der Waals surface area contributed by atoms with Crippen LogP contribution in [0.15, 0.2) is 60.7 Å². The number of amides is 1. The number of rotatable bonds is 4. The van der Waals surface area contributed by atoms with Crippen molar-refractivity contribution in [3.63, 3.8) is 0 Å². The molecule has 0 radical (unpaired) electrons. The maximum atomic E-state index is 13.6. The zero-order valence-corrected chi connectivity index (χ0v) is 17.4. The van der Waals surface area contributed by atoms with E-state index in [0.29, 0.717) is 23.4 Å². The quantitative estimate of drug-likeness (QED) is 0.428. The van der Waals surface area contributed by atoms with Gasteiger partial charge in [-0.25, -0.2) is 4.39 Å². The highest BCUT2D eigenvalue weighted by Crippen LogP contribution is 2.48. The Bertz CT molecular complexity index is 1160. The summed E-state index contributed by atoms with van der Waals surface area (Å²) in [6.45, 7) is 4.81. The van der Waals surface area contributed by atoms with Crippen LogP contribution < -0.4 is 21.3 Å². The first-order chi connectivity index (χ1) is 14.7. The van der Waals surface area contributed by atoms with Crippen molar-refractivity contribution in [2.45, 2.75) is 19.4 Å². The first-order valence-corrected chi connectivity index (χ1v) is 9.88. The summed E-state index contributed by atoms with van der Waals surface area (Å²) in [5, 5.41) is 7.75. The van der Waals surface area contributed by atoms with Gasteiger partial charge in [-0.1, -0.05) is 0 Å². The van der Waals surface area contributed by atoms with Gasteiger partial charge in [-0.15, -0.1) is 0 Å². The molecule has 7 heteroatoms. The Hall–Kier alpha value is -3.87. The summed E-state index contributed by atoms with van der Waals surface area (Å²) >= 11 is 0. The molecule has 0 atom stereocenters. The van der Waals surface area contributed by atoms with Gasteiger partial charge in [-0.3, -0.25) is 4.79 Å². The number of nitrogens with two attached hydrogens (primary N) is 2. The SMILES string of the molecule is CC1(C)CN(c2ccc(C(N)=O)cc2)c2cc(N)c(C=N)cc2N1c1ccc(F)cc1. The van der Waals surface area contributed by atoms with E-state index in [4.69, 9.17) is 16.9 Å². The van der Waals surface area contributed by atoms with Gasteiger partial charge in [0.25, 0.3) is 0 Å². The number of nitrogens with one attached hydrogen (secondary N) is 1. The van der Waals surface area contributed by atoms with Crippen LogP contribution in [0.25, 0.3) is 0 Å². The van der Waals surface area contributed by atoms with Crippen LogP contribution in [-0.2, 0) is 0 Å². The zero-order chi connectivity index (χ0) is 22.3. The van der Waals surface area contributed by atoms with Gasteiger partial charge in [0.1, 0.15) is 5.82 Å². The van der Waals surface area contributed by atoms with Crippen molar-refractivity contribution in [2.75, 3.05) is 22.1 Å². The summed E-state index contributed by atoms with van der Waals surface area (Å²) < 4.78 is 13.6. The van der Waals surface area contributed by atoms with Gasteiger partial charge in [0.15, 0.2) is 0 Å². The molecule has 1 aliphatic heterocycles. The molecule has 0 saturated heterocycles. The summed E-state index contributed by atoms with van der Waals surface area (Å²) in [6.07, 6.45) is 1.23. The molecule has 3 aromatic carbocycles. The number of carbonyl (C=O) groups excluding carboxylic acids is 1. The van der Waals surface area contributed by atoms with E-state index >= 15 is 0 Å². The minimum Gasteiger partial charge on any atom is -0.398 e. The van der Waals surface area contributed by atoms with Crippen molar-refractivity contribution in [1.82, 2.24) is 0 Å². The molecule has 6 nitrogen and oxygen atoms in total. The molecule has 5 N–H and O–H groups in total. The first kappa shape index (κ1) is 20.4. The van der Waals surface area contributed by atoms with E-state index in [9.17, 15) is 9.18 Å². The van der Waals surface area contributed by atoms with Crippen molar-refractivity contribution < 1.29 is 9.18 Å². The van der Waals surface area contributed by atoms with Crippen LogP contribution in [0.2, 0.25) is 0 Å². The molecule has 0 saturated carbocycles. The molecule has 0 bridgehead atoms. The molecule has 158 valence electrons. The number of benzene rings is 3. The van der Waals surface area contributed by atoms with Gasteiger partial charge in [0.2, 0.25) is 5.91 Å². The Balaban J connectivity index is 1.91. The lowest BCUT2D eigenvalue weighted by Crippen LogP contribution is -2.52. The lowest BCUT2D eigenvalue weighted by atomic mass is 9.93. The number of nitrogens with zero attached hydrogens (tertiary/aromatic N) is 2. The molecule has 1 amide bonds. The molecule has 1 aliphatic rings. The Morgan fingerprint density at radius 1 is 1.03 bits per heavy atom. The molecule has 0 aliphatic carbocycles. The normalized spacial score (nSPS) is 14.8. The molecule has 3 aromatic rings. The second-order valence-electron chi connectivity index (χ2n) is 8.24. The number of hydrogen-bond donors (Lipinski definition) is 3. The maximum Gasteiger partial charge on any atom is 0.248 e. The van der Waals surface area contributed by atoms with E-state index in [1.54, 1.807) is 24.3 Å². The number of primary amides is 1. The van der Waals surface area contributed by atoms with Gasteiger partial charge < -0.3 is 26.7 Å². The van der Waals surface area contributed by atoms with E-state index in [1.165, 1.54) is 18.3 Å². The average Bonchev–Trinajstić information content (AvgIpc) is 2.74. The summed E-state index contributed by atoms with van der Waals surface area (Å²) in [5.41, 5.74) is 16.2. The van der Waals surface area contributed by atoms with Gasteiger partial charge in [0, 0.05) is 40.9 Å². The molecular formula is C24H24FN5O. The van der Waals surface area contributed by atoms with Gasteiger partial charge >= 0.3 is 0 Å². The van der Waals surface area contributed by atoms with Crippen LogP contribution in [0.1, 0.15) is 29.8 Å². The second kappa shape index (κ2) is 7.43. The van der Waals surface area contributed by atoms with Crippen LogP contribution in [0.3, 0.4) is 0 Å². The lowest BCUT2D eigenvalue weighted by molar-refractivity contribution is 0.100. The minimum absolute atomic E-state index is 0.299. The molecule has 1 heterocycles. The van der Waals surface area contributed by atoms with E-state index in [0.717, 1.165) is 22.7 Å². The number of anilines is 5. The molecule has 0 aromatic heterocycles. The van der Waals surface area contributed by atoms with Crippen LogP contribution in [0.4, 0.5) is 32.8 Å². The number of carbonyl (C=O) groups is 1. The molecule has 0 spiro atoms. The summed E-state index contributed by atoms with van der Waals surface area (Å²) in [7, 11) is 0. The van der Waals surface area contributed by atoms with Crippen LogP contribution in [0, 0.1) is 11.2 Å². The van der Waals surface area contributed by atoms with Gasteiger partial charge in [0.05, 0.1) is 16.9 Å². The topological polar surface area (TPSA) is 99.4 Å². The van der Waals surface area contributed by atoms with Crippen molar-refractivity contribution in [1.29, 1.82) is 5.41 Å². The molecule has 4 rings (SSSR count). The summed E-state index contributed by atoms with van der Waals surface area (Å²) in [6, 6.07) is 17.2. The Labute approximate surface area is 180 Å². The molecule has 31 heavy (non-hydrogen) atoms. The molecule has 0 unspecified atom stereocenters. The number of nitrogen functional groups attached to an aromatic ring is 1. The third-order valence-corrected chi connectivity index (χ3v) is 5.57.